The third-order valence-corrected chi connectivity index (χ3v) is 7.32. The summed E-state index contributed by atoms with van der Waals surface area (Å²) in [6.07, 6.45) is 0. The van der Waals surface area contributed by atoms with Crippen LogP contribution in [-0.4, -0.2) is 19.2 Å². The molecule has 0 spiro atoms. The van der Waals surface area contributed by atoms with Crippen molar-refractivity contribution in [2.45, 2.75) is 37.2 Å². The number of halogens is 1. The van der Waals surface area contributed by atoms with E-state index in [0.717, 1.165) is 16.6 Å². The Bertz CT molecular complexity index is 1470. The van der Waals surface area contributed by atoms with Crippen molar-refractivity contribution in [1.82, 2.24) is 19.2 Å². The second-order valence-electron chi connectivity index (χ2n) is 7.96. The van der Waals surface area contributed by atoms with Crippen LogP contribution in [0.5, 0.6) is 0 Å². The molecule has 0 N–H and O–H groups in total. The Morgan fingerprint density at radius 1 is 1.06 bits per heavy atom. The topological polar surface area (TPSA) is 52.2 Å². The molecule has 162 valence electrons. The minimum Gasteiger partial charge on any atom is -0.271 e. The summed E-state index contributed by atoms with van der Waals surface area (Å²) in [6.45, 7) is 4.74. The van der Waals surface area contributed by atoms with Crippen LogP contribution < -0.4 is 5.56 Å². The van der Waals surface area contributed by atoms with Gasteiger partial charge in [-0.25, -0.2) is 4.39 Å². The molecule has 0 atom stereocenters. The van der Waals surface area contributed by atoms with E-state index in [9.17, 15) is 9.18 Å². The smallest absolute Gasteiger partial charge is 0.271 e. The summed E-state index contributed by atoms with van der Waals surface area (Å²) in [7, 11) is 0. The number of thioether (sulfide) groups is 1. The Balaban J connectivity index is 1.56. The minimum absolute atomic E-state index is 0.0653. The first kappa shape index (κ1) is 20.9. The van der Waals surface area contributed by atoms with Crippen LogP contribution in [0, 0.1) is 5.82 Å². The van der Waals surface area contributed by atoms with Gasteiger partial charge in [-0.15, -0.1) is 21.5 Å². The molecule has 32 heavy (non-hydrogen) atoms. The molecule has 0 unspecified atom stereocenters. The van der Waals surface area contributed by atoms with Gasteiger partial charge < -0.3 is 0 Å². The Labute approximate surface area is 192 Å². The monoisotopic (exact) mass is 464 g/mol. The van der Waals surface area contributed by atoms with Crippen LogP contribution in [0.2, 0.25) is 0 Å². The van der Waals surface area contributed by atoms with E-state index in [1.807, 2.05) is 21.9 Å². The molecule has 0 aliphatic heterocycles. The van der Waals surface area contributed by atoms with Gasteiger partial charge >= 0.3 is 0 Å². The Kier molecular flexibility index (Phi) is 5.57. The predicted molar refractivity (Wildman–Crippen MR) is 128 cm³/mol. The molecule has 0 fully saturated rings. The Morgan fingerprint density at radius 2 is 1.88 bits per heavy atom. The molecule has 0 aliphatic rings. The van der Waals surface area contributed by atoms with Crippen molar-refractivity contribution >= 4 is 39.1 Å². The number of rotatable bonds is 6. The summed E-state index contributed by atoms with van der Waals surface area (Å²) in [5.41, 5.74) is 3.90. The van der Waals surface area contributed by atoms with E-state index in [1.165, 1.54) is 40.8 Å². The van der Waals surface area contributed by atoms with Gasteiger partial charge in [0.1, 0.15) is 10.5 Å². The number of aromatic nitrogens is 4. The van der Waals surface area contributed by atoms with Crippen LogP contribution in [0.4, 0.5) is 4.39 Å². The van der Waals surface area contributed by atoms with E-state index in [0.29, 0.717) is 33.8 Å². The number of nitrogens with zero attached hydrogens (tertiary/aromatic N) is 4. The second-order valence-corrected chi connectivity index (χ2v) is 9.82. The Morgan fingerprint density at radius 3 is 2.62 bits per heavy atom. The summed E-state index contributed by atoms with van der Waals surface area (Å²) in [5.74, 6) is 1.26. The molecule has 0 radical (unpaired) electrons. The van der Waals surface area contributed by atoms with Gasteiger partial charge in [-0.3, -0.25) is 13.8 Å². The quantitative estimate of drug-likeness (QED) is 0.302. The first-order chi connectivity index (χ1) is 15.5. The van der Waals surface area contributed by atoms with E-state index >= 15 is 0 Å². The lowest BCUT2D eigenvalue weighted by molar-refractivity contribution is 0.626. The summed E-state index contributed by atoms with van der Waals surface area (Å²) in [4.78, 5) is 13.3. The van der Waals surface area contributed by atoms with Crippen LogP contribution in [0.25, 0.3) is 16.0 Å². The minimum atomic E-state index is -0.258. The maximum atomic E-state index is 13.5. The molecule has 5 nitrogen and oxygen atoms in total. The summed E-state index contributed by atoms with van der Waals surface area (Å²) >= 11 is 2.89. The number of hydrogen-bond acceptors (Lipinski definition) is 5. The summed E-state index contributed by atoms with van der Waals surface area (Å²) in [5, 5.41) is 11.3. The average Bonchev–Trinajstić information content (AvgIpc) is 3.43. The third kappa shape index (κ3) is 3.84. The lowest BCUT2D eigenvalue weighted by Crippen LogP contribution is -2.23. The van der Waals surface area contributed by atoms with Gasteiger partial charge in [0.15, 0.2) is 5.16 Å². The standard InChI is InChI=1S/C24H21FN4OS2/c1-15(2)18-8-6-16(7-9-18)13-28-22(30)21-20(10-11-31-21)29-23(28)26-27-24(29)32-14-17-4-3-5-19(25)12-17/h3-12,15H,13-14H2,1-2H3. The molecule has 5 aromatic rings. The third-order valence-electron chi connectivity index (χ3n) is 5.43. The zero-order valence-electron chi connectivity index (χ0n) is 17.7. The van der Waals surface area contributed by atoms with E-state index in [2.05, 4.69) is 48.3 Å². The molecule has 5 rings (SSSR count). The number of thiophene rings is 1. The molecule has 0 amide bonds. The van der Waals surface area contributed by atoms with Crippen molar-refractivity contribution in [1.29, 1.82) is 0 Å². The second kappa shape index (κ2) is 8.52. The van der Waals surface area contributed by atoms with Crippen molar-refractivity contribution in [3.63, 3.8) is 0 Å². The van der Waals surface area contributed by atoms with E-state index < -0.39 is 0 Å². The number of hydrogen-bond donors (Lipinski definition) is 0. The molecule has 0 saturated carbocycles. The molecular formula is C24H21FN4OS2. The molecule has 3 aromatic heterocycles. The first-order valence-corrected chi connectivity index (χ1v) is 12.2. The Hall–Kier alpha value is -2.97. The first-order valence-electron chi connectivity index (χ1n) is 10.3. The van der Waals surface area contributed by atoms with Gasteiger partial charge in [0.25, 0.3) is 5.56 Å². The van der Waals surface area contributed by atoms with Crippen molar-refractivity contribution in [3.05, 3.63) is 92.8 Å². The van der Waals surface area contributed by atoms with Gasteiger partial charge in [0.2, 0.25) is 5.78 Å². The maximum Gasteiger partial charge on any atom is 0.273 e. The molecular weight excluding hydrogens is 443 g/mol. The van der Waals surface area contributed by atoms with Gasteiger partial charge in [-0.1, -0.05) is 62.0 Å². The van der Waals surface area contributed by atoms with Crippen molar-refractivity contribution in [3.8, 4) is 0 Å². The normalized spacial score (nSPS) is 11.8. The lowest BCUT2D eigenvalue weighted by atomic mass is 10.0. The largest absolute Gasteiger partial charge is 0.273 e. The van der Waals surface area contributed by atoms with Gasteiger partial charge in [0.05, 0.1) is 12.1 Å². The predicted octanol–water partition coefficient (Wildman–Crippen LogP) is 5.71. The summed E-state index contributed by atoms with van der Waals surface area (Å²) in [6, 6.07) is 16.8. The fraction of sp³-hybridized carbons (Fsp3) is 0.208. The number of fused-ring (bicyclic) bond motifs is 3. The van der Waals surface area contributed by atoms with Crippen molar-refractivity contribution in [2.75, 3.05) is 0 Å². The van der Waals surface area contributed by atoms with Gasteiger partial charge in [-0.2, -0.15) is 0 Å². The highest BCUT2D eigenvalue weighted by Crippen LogP contribution is 2.27. The molecule has 3 heterocycles. The van der Waals surface area contributed by atoms with Crippen LogP contribution >= 0.6 is 23.1 Å². The highest BCUT2D eigenvalue weighted by Gasteiger charge is 2.18. The summed E-state index contributed by atoms with van der Waals surface area (Å²) < 4.78 is 17.8. The zero-order chi connectivity index (χ0) is 22.2. The fourth-order valence-electron chi connectivity index (χ4n) is 3.70. The SMILES string of the molecule is CC(C)c1ccc(Cn2c(=O)c3sccc3n3c(SCc4cccc(F)c4)nnc23)cc1. The molecule has 0 bridgehead atoms. The molecule has 2 aromatic carbocycles. The van der Waals surface area contributed by atoms with Gasteiger partial charge in [-0.05, 0) is 46.2 Å². The van der Waals surface area contributed by atoms with E-state index in [1.54, 1.807) is 10.6 Å². The average molecular weight is 465 g/mol. The van der Waals surface area contributed by atoms with Crippen LogP contribution in [-0.2, 0) is 12.3 Å². The number of benzene rings is 2. The van der Waals surface area contributed by atoms with Gasteiger partial charge in [0, 0.05) is 5.75 Å². The van der Waals surface area contributed by atoms with E-state index in [4.69, 9.17) is 0 Å². The lowest BCUT2D eigenvalue weighted by Gasteiger charge is -2.11. The highest BCUT2D eigenvalue weighted by molar-refractivity contribution is 7.98. The van der Waals surface area contributed by atoms with Crippen LogP contribution in [0.3, 0.4) is 0 Å². The molecule has 0 saturated heterocycles. The highest BCUT2D eigenvalue weighted by atomic mass is 32.2. The van der Waals surface area contributed by atoms with Crippen molar-refractivity contribution in [2.24, 2.45) is 0 Å². The van der Waals surface area contributed by atoms with Crippen LogP contribution in [0.15, 0.2) is 69.9 Å². The molecule has 8 heteroatoms. The fourth-order valence-corrected chi connectivity index (χ4v) is 5.41. The van der Waals surface area contributed by atoms with E-state index in [-0.39, 0.29) is 11.4 Å². The molecule has 0 aliphatic carbocycles. The zero-order valence-corrected chi connectivity index (χ0v) is 19.3. The van der Waals surface area contributed by atoms with Crippen molar-refractivity contribution < 1.29 is 4.39 Å². The van der Waals surface area contributed by atoms with Crippen LogP contribution in [0.1, 0.15) is 36.5 Å². The maximum absolute atomic E-state index is 13.5.